The van der Waals surface area contributed by atoms with Gasteiger partial charge in [0.1, 0.15) is 17.9 Å². The minimum absolute atomic E-state index is 0.189. The number of hydrogen-bond acceptors (Lipinski definition) is 5. The summed E-state index contributed by atoms with van der Waals surface area (Å²) in [6.07, 6.45) is -1.58. The van der Waals surface area contributed by atoms with E-state index < -0.39 is 6.36 Å². The molecule has 31 heavy (non-hydrogen) atoms. The van der Waals surface area contributed by atoms with Crippen LogP contribution in [0.15, 0.2) is 48.8 Å². The molecule has 0 aliphatic carbocycles. The second kappa shape index (κ2) is 9.95. The number of benzene rings is 2. The maximum absolute atomic E-state index is 12.4. The summed E-state index contributed by atoms with van der Waals surface area (Å²) in [6.45, 7) is 2.63. The lowest BCUT2D eigenvalue weighted by Crippen LogP contribution is -2.25. The molecule has 164 valence electrons. The molecule has 1 amide bonds. The first-order chi connectivity index (χ1) is 14.7. The fourth-order valence-corrected chi connectivity index (χ4v) is 3.05. The Morgan fingerprint density at radius 3 is 2.58 bits per heavy atom. The third-order valence-corrected chi connectivity index (χ3v) is 5.54. The molecule has 1 heterocycles. The number of carbonyl (C=O) groups excluding carboxylic acids is 1. The summed E-state index contributed by atoms with van der Waals surface area (Å²) in [5.41, 5.74) is 1.57. The van der Waals surface area contributed by atoms with E-state index in [9.17, 15) is 18.0 Å². The fourth-order valence-electron chi connectivity index (χ4n) is 2.82. The molecule has 10 heteroatoms. The maximum Gasteiger partial charge on any atom is 0.573 e. The van der Waals surface area contributed by atoms with Gasteiger partial charge in [0.25, 0.3) is 5.91 Å². The van der Waals surface area contributed by atoms with Gasteiger partial charge in [-0.25, -0.2) is 9.97 Å². The van der Waals surface area contributed by atoms with Crippen LogP contribution in [0.3, 0.4) is 0 Å². The Balaban J connectivity index is 1.72. The zero-order chi connectivity index (χ0) is 22.4. The molecule has 6 nitrogen and oxygen atoms in total. The van der Waals surface area contributed by atoms with E-state index in [1.54, 1.807) is 18.2 Å². The van der Waals surface area contributed by atoms with E-state index in [-0.39, 0.29) is 11.7 Å². The predicted octanol–water partition coefficient (Wildman–Crippen LogP) is 5.57. The molecule has 1 aromatic heterocycles. The van der Waals surface area contributed by atoms with Gasteiger partial charge in [-0.3, -0.25) is 4.79 Å². The van der Waals surface area contributed by atoms with E-state index in [1.165, 1.54) is 30.6 Å². The first-order valence-electron chi connectivity index (χ1n) is 9.55. The predicted molar refractivity (Wildman–Crippen MR) is 116 cm³/mol. The van der Waals surface area contributed by atoms with Crippen LogP contribution in [0, 0.1) is 0 Å². The normalized spacial score (nSPS) is 12.4. The number of nitrogens with one attached hydrogen (secondary N) is 2. The number of ether oxygens (including phenoxy) is 1. The molecule has 0 saturated carbocycles. The Bertz CT molecular complexity index is 1040. The van der Waals surface area contributed by atoms with E-state index in [1.807, 2.05) is 0 Å². The molecule has 1 unspecified atom stereocenters. The van der Waals surface area contributed by atoms with Gasteiger partial charge in [-0.05, 0) is 55.3 Å². The monoisotopic (exact) mass is 496 g/mol. The summed E-state index contributed by atoms with van der Waals surface area (Å²) in [4.78, 5) is 21.2. The summed E-state index contributed by atoms with van der Waals surface area (Å²) in [5, 5.41) is 6.60. The van der Waals surface area contributed by atoms with Crippen LogP contribution >= 0.6 is 15.9 Å². The van der Waals surface area contributed by atoms with Crippen molar-refractivity contribution in [2.75, 3.05) is 11.9 Å². The number of aromatic nitrogens is 2. The van der Waals surface area contributed by atoms with Crippen molar-refractivity contribution in [3.05, 3.63) is 54.4 Å². The fraction of sp³-hybridized carbons (Fsp3) is 0.286. The van der Waals surface area contributed by atoms with E-state index in [2.05, 4.69) is 48.2 Å². The number of anilines is 2. The highest BCUT2D eigenvalue weighted by Gasteiger charge is 2.30. The Labute approximate surface area is 185 Å². The molecule has 0 saturated heterocycles. The molecule has 3 rings (SSSR count). The van der Waals surface area contributed by atoms with Gasteiger partial charge < -0.3 is 15.4 Å². The van der Waals surface area contributed by atoms with Crippen LogP contribution in [0.5, 0.6) is 5.75 Å². The molecular formula is C21H20BrF3N4O2. The van der Waals surface area contributed by atoms with Gasteiger partial charge in [-0.2, -0.15) is 0 Å². The Morgan fingerprint density at radius 1 is 1.16 bits per heavy atom. The summed E-state index contributed by atoms with van der Waals surface area (Å²) in [5.74, 6) is -0.0379. The lowest BCUT2D eigenvalue weighted by Gasteiger charge is -2.12. The average Bonchev–Trinajstić information content (AvgIpc) is 2.73. The minimum Gasteiger partial charge on any atom is -0.406 e. The SMILES string of the molecule is CCC(Br)CCNC(=O)c1ccc2c(Nc3ccc(OC(F)(F)F)cc3)ncnc2c1. The van der Waals surface area contributed by atoms with Crippen molar-refractivity contribution in [2.24, 2.45) is 0 Å². The van der Waals surface area contributed by atoms with Gasteiger partial charge in [-0.15, -0.1) is 13.2 Å². The summed E-state index contributed by atoms with van der Waals surface area (Å²) in [6, 6.07) is 10.4. The number of carbonyl (C=O) groups is 1. The Kier molecular flexibility index (Phi) is 7.32. The van der Waals surface area contributed by atoms with Gasteiger partial charge in [0.15, 0.2) is 0 Å². The smallest absolute Gasteiger partial charge is 0.406 e. The number of fused-ring (bicyclic) bond motifs is 1. The van der Waals surface area contributed by atoms with Crippen LogP contribution in [0.1, 0.15) is 30.1 Å². The Morgan fingerprint density at radius 2 is 1.90 bits per heavy atom. The number of halogens is 4. The van der Waals surface area contributed by atoms with Crippen LogP contribution in [0.2, 0.25) is 0 Å². The van der Waals surface area contributed by atoms with Crippen molar-refractivity contribution in [1.29, 1.82) is 0 Å². The summed E-state index contributed by atoms with van der Waals surface area (Å²) in [7, 11) is 0. The second-order valence-electron chi connectivity index (χ2n) is 6.70. The molecule has 2 aromatic carbocycles. The molecule has 0 fully saturated rings. The Hall–Kier alpha value is -2.88. The first kappa shape index (κ1) is 22.8. The first-order valence-corrected chi connectivity index (χ1v) is 10.5. The van der Waals surface area contributed by atoms with Gasteiger partial charge in [0, 0.05) is 28.0 Å². The number of nitrogens with zero attached hydrogens (tertiary/aromatic N) is 2. The molecule has 0 aliphatic heterocycles. The van der Waals surface area contributed by atoms with Crippen LogP contribution in [-0.4, -0.2) is 33.6 Å². The molecule has 2 N–H and O–H groups in total. The van der Waals surface area contributed by atoms with Crippen LogP contribution in [0.25, 0.3) is 10.9 Å². The molecule has 1 atom stereocenters. The van der Waals surface area contributed by atoms with E-state index in [0.717, 1.165) is 12.8 Å². The van der Waals surface area contributed by atoms with Crippen molar-refractivity contribution in [3.8, 4) is 5.75 Å². The van der Waals surface area contributed by atoms with E-state index >= 15 is 0 Å². The standard InChI is InChI=1S/C21H20BrF3N4O2/c1-2-14(22)9-10-26-20(30)13-3-8-17-18(11-13)27-12-28-19(17)29-15-4-6-16(7-5-15)31-21(23,24)25/h3-8,11-12,14H,2,9-10H2,1H3,(H,26,30)(H,27,28,29). The number of alkyl halides is 4. The summed E-state index contributed by atoms with van der Waals surface area (Å²) >= 11 is 3.54. The minimum atomic E-state index is -4.74. The van der Waals surface area contributed by atoms with Crippen LogP contribution < -0.4 is 15.4 Å². The van der Waals surface area contributed by atoms with Crippen LogP contribution in [0.4, 0.5) is 24.7 Å². The molecule has 0 spiro atoms. The molecule has 3 aromatic rings. The number of rotatable bonds is 8. The lowest BCUT2D eigenvalue weighted by atomic mass is 10.1. The van der Waals surface area contributed by atoms with Crippen molar-refractivity contribution in [1.82, 2.24) is 15.3 Å². The van der Waals surface area contributed by atoms with Gasteiger partial charge in [-0.1, -0.05) is 22.9 Å². The molecule has 0 bridgehead atoms. The topological polar surface area (TPSA) is 76.1 Å². The highest BCUT2D eigenvalue weighted by molar-refractivity contribution is 9.09. The number of amides is 1. The average molecular weight is 497 g/mol. The molecule has 0 aliphatic rings. The lowest BCUT2D eigenvalue weighted by molar-refractivity contribution is -0.274. The van der Waals surface area contributed by atoms with Crippen molar-refractivity contribution >= 4 is 44.2 Å². The zero-order valence-electron chi connectivity index (χ0n) is 16.5. The molecular weight excluding hydrogens is 477 g/mol. The highest BCUT2D eigenvalue weighted by atomic mass is 79.9. The molecule has 0 radical (unpaired) electrons. The third kappa shape index (κ3) is 6.55. The largest absolute Gasteiger partial charge is 0.573 e. The van der Waals surface area contributed by atoms with Crippen molar-refractivity contribution in [3.63, 3.8) is 0 Å². The zero-order valence-corrected chi connectivity index (χ0v) is 18.1. The van der Waals surface area contributed by atoms with E-state index in [4.69, 9.17) is 0 Å². The summed E-state index contributed by atoms with van der Waals surface area (Å²) < 4.78 is 40.7. The maximum atomic E-state index is 12.4. The highest BCUT2D eigenvalue weighted by Crippen LogP contribution is 2.27. The van der Waals surface area contributed by atoms with Gasteiger partial charge in [0.05, 0.1) is 5.52 Å². The van der Waals surface area contributed by atoms with Gasteiger partial charge >= 0.3 is 6.36 Å². The van der Waals surface area contributed by atoms with Crippen molar-refractivity contribution in [2.45, 2.75) is 31.0 Å². The second-order valence-corrected chi connectivity index (χ2v) is 8.00. The van der Waals surface area contributed by atoms with Crippen LogP contribution in [-0.2, 0) is 0 Å². The number of hydrogen-bond donors (Lipinski definition) is 2. The van der Waals surface area contributed by atoms with Crippen molar-refractivity contribution < 1.29 is 22.7 Å². The van der Waals surface area contributed by atoms with E-state index in [0.29, 0.717) is 39.3 Å². The third-order valence-electron chi connectivity index (χ3n) is 4.44. The quantitative estimate of drug-likeness (QED) is 0.399. The van der Waals surface area contributed by atoms with Gasteiger partial charge in [0.2, 0.25) is 0 Å².